The molecule has 6 nitrogen and oxygen atoms in total. The van der Waals surface area contributed by atoms with Crippen molar-refractivity contribution in [3.05, 3.63) is 29.8 Å². The maximum atomic E-state index is 12.6. The van der Waals surface area contributed by atoms with E-state index >= 15 is 0 Å². The van der Waals surface area contributed by atoms with Crippen molar-refractivity contribution < 1.29 is 13.2 Å². The van der Waals surface area contributed by atoms with Crippen LogP contribution in [-0.2, 0) is 10.0 Å². The summed E-state index contributed by atoms with van der Waals surface area (Å²) in [5.41, 5.74) is 0.375. The number of rotatable bonds is 8. The summed E-state index contributed by atoms with van der Waals surface area (Å²) in [5.74, 6) is 0.589. The topological polar surface area (TPSA) is 69.7 Å². The normalized spacial score (nSPS) is 16.8. The number of likely N-dealkylation sites (tertiary alicyclic amines) is 1. The van der Waals surface area contributed by atoms with E-state index in [0.29, 0.717) is 12.1 Å². The molecule has 1 amide bonds. The van der Waals surface area contributed by atoms with Crippen LogP contribution in [0, 0.1) is 5.92 Å². The van der Waals surface area contributed by atoms with Gasteiger partial charge in [-0.05, 0) is 76.9 Å². The van der Waals surface area contributed by atoms with Gasteiger partial charge in [0, 0.05) is 25.2 Å². The van der Waals surface area contributed by atoms with Gasteiger partial charge in [0.05, 0.1) is 4.90 Å². The van der Waals surface area contributed by atoms with Gasteiger partial charge in [0.2, 0.25) is 10.0 Å². The highest BCUT2D eigenvalue weighted by atomic mass is 32.2. The lowest BCUT2D eigenvalue weighted by molar-refractivity contribution is 0.0950. The summed E-state index contributed by atoms with van der Waals surface area (Å²) in [6, 6.07) is 6.10. The monoisotopic (exact) mass is 395 g/mol. The van der Waals surface area contributed by atoms with E-state index in [9.17, 15) is 13.2 Å². The van der Waals surface area contributed by atoms with Crippen molar-refractivity contribution in [2.75, 3.05) is 33.2 Å². The summed E-state index contributed by atoms with van der Waals surface area (Å²) in [6.07, 6.45) is 3.39. The minimum absolute atomic E-state index is 0.147. The second-order valence-electron chi connectivity index (χ2n) is 7.78. The van der Waals surface area contributed by atoms with Gasteiger partial charge in [-0.15, -0.1) is 0 Å². The fourth-order valence-electron chi connectivity index (χ4n) is 3.13. The van der Waals surface area contributed by atoms with Gasteiger partial charge < -0.3 is 10.2 Å². The van der Waals surface area contributed by atoms with Crippen molar-refractivity contribution in [2.45, 2.75) is 51.0 Å². The van der Waals surface area contributed by atoms with Gasteiger partial charge in [-0.25, -0.2) is 8.42 Å². The molecule has 0 bridgehead atoms. The molecule has 0 aromatic heterocycles. The average Bonchev–Trinajstić information content (AvgIpc) is 2.65. The molecule has 0 unspecified atom stereocenters. The molecule has 0 atom stereocenters. The minimum Gasteiger partial charge on any atom is -0.352 e. The average molecular weight is 396 g/mol. The molecule has 2 rings (SSSR count). The summed E-state index contributed by atoms with van der Waals surface area (Å²) in [6.45, 7) is 9.78. The van der Waals surface area contributed by atoms with Crippen molar-refractivity contribution in [1.29, 1.82) is 0 Å². The number of sulfonamides is 1. The number of nitrogens with zero attached hydrogens (tertiary/aromatic N) is 2. The van der Waals surface area contributed by atoms with Crippen molar-refractivity contribution >= 4 is 15.9 Å². The molecule has 1 fully saturated rings. The van der Waals surface area contributed by atoms with Crippen LogP contribution in [0.2, 0.25) is 0 Å². The first-order valence-corrected chi connectivity index (χ1v) is 11.2. The highest BCUT2D eigenvalue weighted by Gasteiger charge is 2.24. The standard InChI is InChI=1S/C20H33N3O3S/c1-16(2)22(4)27(25,26)19-8-5-7-18(15-19)20(24)21-11-6-12-23-13-9-17(3)10-14-23/h5,7-8,15-17H,6,9-14H2,1-4H3,(H,21,24). The molecule has 1 aromatic carbocycles. The molecule has 0 aliphatic carbocycles. The van der Waals surface area contributed by atoms with Gasteiger partial charge in [0.15, 0.2) is 0 Å². The molecule has 1 aliphatic heterocycles. The van der Waals surface area contributed by atoms with E-state index in [1.54, 1.807) is 19.2 Å². The largest absolute Gasteiger partial charge is 0.352 e. The predicted octanol–water partition coefficient (Wildman–Crippen LogP) is 2.57. The highest BCUT2D eigenvalue weighted by Crippen LogP contribution is 2.18. The first kappa shape index (κ1) is 21.9. The van der Waals surface area contributed by atoms with Crippen LogP contribution in [0.15, 0.2) is 29.2 Å². The Kier molecular flexibility index (Phi) is 7.82. The quantitative estimate of drug-likeness (QED) is 0.687. The van der Waals surface area contributed by atoms with Crippen LogP contribution in [0.3, 0.4) is 0 Å². The van der Waals surface area contributed by atoms with Gasteiger partial charge in [-0.2, -0.15) is 4.31 Å². The van der Waals surface area contributed by atoms with E-state index in [-0.39, 0.29) is 16.8 Å². The Bertz CT molecular complexity index is 726. The Morgan fingerprint density at radius 3 is 2.59 bits per heavy atom. The fraction of sp³-hybridized carbons (Fsp3) is 0.650. The number of carbonyl (C=O) groups is 1. The molecule has 0 saturated carbocycles. The third-order valence-corrected chi connectivity index (χ3v) is 7.34. The predicted molar refractivity (Wildman–Crippen MR) is 108 cm³/mol. The molecule has 1 N–H and O–H groups in total. The van der Waals surface area contributed by atoms with Gasteiger partial charge in [-0.1, -0.05) is 13.0 Å². The van der Waals surface area contributed by atoms with E-state index in [2.05, 4.69) is 17.1 Å². The molecule has 1 saturated heterocycles. The van der Waals surface area contributed by atoms with E-state index < -0.39 is 10.0 Å². The van der Waals surface area contributed by atoms with Crippen LogP contribution in [-0.4, -0.2) is 62.8 Å². The second kappa shape index (κ2) is 9.66. The molecule has 1 aromatic rings. The zero-order chi connectivity index (χ0) is 20.0. The second-order valence-corrected chi connectivity index (χ2v) is 9.77. The summed E-state index contributed by atoms with van der Waals surface area (Å²) >= 11 is 0. The third-order valence-electron chi connectivity index (χ3n) is 5.31. The molecule has 0 spiro atoms. The number of amides is 1. The zero-order valence-corrected chi connectivity index (χ0v) is 17.8. The fourth-order valence-corrected chi connectivity index (χ4v) is 4.55. The SMILES string of the molecule is CC1CCN(CCCNC(=O)c2cccc(S(=O)(=O)N(C)C(C)C)c2)CC1. The van der Waals surface area contributed by atoms with Crippen LogP contribution in [0.4, 0.5) is 0 Å². The maximum Gasteiger partial charge on any atom is 0.251 e. The van der Waals surface area contributed by atoms with Crippen LogP contribution in [0.5, 0.6) is 0 Å². The van der Waals surface area contributed by atoms with E-state index in [1.165, 1.54) is 29.3 Å². The van der Waals surface area contributed by atoms with E-state index in [0.717, 1.165) is 32.0 Å². The smallest absolute Gasteiger partial charge is 0.251 e. The minimum atomic E-state index is -3.59. The van der Waals surface area contributed by atoms with Crippen molar-refractivity contribution in [3.63, 3.8) is 0 Å². The van der Waals surface area contributed by atoms with Gasteiger partial charge in [-0.3, -0.25) is 4.79 Å². The summed E-state index contributed by atoms with van der Waals surface area (Å²) in [7, 11) is -2.04. The molecule has 7 heteroatoms. The van der Waals surface area contributed by atoms with E-state index in [1.807, 2.05) is 13.8 Å². The number of piperidine rings is 1. The number of carbonyl (C=O) groups excluding carboxylic acids is 1. The summed E-state index contributed by atoms with van der Waals surface area (Å²) in [4.78, 5) is 15.0. The van der Waals surface area contributed by atoms with Crippen molar-refractivity contribution in [1.82, 2.24) is 14.5 Å². The van der Waals surface area contributed by atoms with Crippen LogP contribution in [0.1, 0.15) is 50.4 Å². The Labute approximate surface area is 164 Å². The Morgan fingerprint density at radius 2 is 1.96 bits per heavy atom. The molecular weight excluding hydrogens is 362 g/mol. The number of nitrogens with one attached hydrogen (secondary N) is 1. The molecule has 0 radical (unpaired) electrons. The molecule has 1 heterocycles. The third kappa shape index (κ3) is 6.02. The number of benzene rings is 1. The molecule has 27 heavy (non-hydrogen) atoms. The summed E-state index contributed by atoms with van der Waals surface area (Å²) in [5, 5.41) is 2.90. The van der Waals surface area contributed by atoms with Crippen LogP contribution < -0.4 is 5.32 Å². The van der Waals surface area contributed by atoms with Gasteiger partial charge in [0.1, 0.15) is 0 Å². The zero-order valence-electron chi connectivity index (χ0n) is 16.9. The molecular formula is C20H33N3O3S. The maximum absolute atomic E-state index is 12.6. The van der Waals surface area contributed by atoms with Gasteiger partial charge in [0.25, 0.3) is 5.91 Å². The molecule has 1 aliphatic rings. The highest BCUT2D eigenvalue weighted by molar-refractivity contribution is 7.89. The first-order valence-electron chi connectivity index (χ1n) is 9.80. The number of hydrogen-bond acceptors (Lipinski definition) is 4. The van der Waals surface area contributed by atoms with E-state index in [4.69, 9.17) is 0 Å². The lowest BCUT2D eigenvalue weighted by Gasteiger charge is -2.30. The lowest BCUT2D eigenvalue weighted by atomic mass is 9.99. The van der Waals surface area contributed by atoms with Crippen molar-refractivity contribution in [3.8, 4) is 0 Å². The summed E-state index contributed by atoms with van der Waals surface area (Å²) < 4.78 is 26.5. The first-order chi connectivity index (χ1) is 12.7. The Hall–Kier alpha value is -1.44. The van der Waals surface area contributed by atoms with Gasteiger partial charge >= 0.3 is 0 Å². The Morgan fingerprint density at radius 1 is 1.30 bits per heavy atom. The molecule has 152 valence electrons. The Balaban J connectivity index is 1.88. The lowest BCUT2D eigenvalue weighted by Crippen LogP contribution is -2.35. The van der Waals surface area contributed by atoms with Crippen molar-refractivity contribution in [2.24, 2.45) is 5.92 Å². The van der Waals surface area contributed by atoms with Crippen LogP contribution >= 0.6 is 0 Å². The van der Waals surface area contributed by atoms with Crippen LogP contribution in [0.25, 0.3) is 0 Å². The number of hydrogen-bond donors (Lipinski definition) is 1.